The molecule has 0 aromatic carbocycles. The standard InChI is InChI=1S/C3H5N3S2/c1-2-7-3-4-5-6-8-3/h2H2,1H3. The van der Waals surface area contributed by atoms with Gasteiger partial charge in [-0.05, 0) is 11.0 Å². The highest BCUT2D eigenvalue weighted by atomic mass is 32.2. The smallest absolute Gasteiger partial charge is 0.110 e. The number of rotatable bonds is 2. The maximum absolute atomic E-state index is 3.73. The summed E-state index contributed by atoms with van der Waals surface area (Å²) in [6.45, 7) is 2.08. The Bertz CT molecular complexity index is 138. The summed E-state index contributed by atoms with van der Waals surface area (Å²) in [6, 6.07) is 0. The van der Waals surface area contributed by atoms with E-state index in [0.29, 0.717) is 0 Å². The Morgan fingerprint density at radius 2 is 2.62 bits per heavy atom. The highest BCUT2D eigenvalue weighted by Gasteiger charge is 1.92. The van der Waals surface area contributed by atoms with Gasteiger partial charge in [0, 0.05) is 11.5 Å². The van der Waals surface area contributed by atoms with Gasteiger partial charge >= 0.3 is 0 Å². The topological polar surface area (TPSA) is 38.7 Å². The molecule has 1 aromatic rings. The molecule has 0 N–H and O–H groups in total. The normalized spacial score (nSPS) is 9.62. The number of hydrogen-bond donors (Lipinski definition) is 0. The molecule has 44 valence electrons. The zero-order valence-electron chi connectivity index (χ0n) is 4.37. The molecule has 1 rings (SSSR count). The molecule has 0 aliphatic heterocycles. The monoisotopic (exact) mass is 147 g/mol. The Hall–Kier alpha value is -0.160. The SMILES string of the molecule is CCSc1nnns1. The molecule has 0 spiro atoms. The van der Waals surface area contributed by atoms with Crippen LogP contribution in [0.2, 0.25) is 0 Å². The number of hydrogen-bond acceptors (Lipinski definition) is 5. The van der Waals surface area contributed by atoms with Crippen LogP contribution in [0, 0.1) is 0 Å². The highest BCUT2D eigenvalue weighted by molar-refractivity contribution is 8.00. The van der Waals surface area contributed by atoms with Gasteiger partial charge in [0.25, 0.3) is 0 Å². The summed E-state index contributed by atoms with van der Waals surface area (Å²) >= 11 is 3.00. The van der Waals surface area contributed by atoms with Crippen LogP contribution in [0.15, 0.2) is 4.34 Å². The van der Waals surface area contributed by atoms with Crippen molar-refractivity contribution >= 4 is 23.3 Å². The van der Waals surface area contributed by atoms with Crippen LogP contribution in [-0.4, -0.2) is 20.6 Å². The van der Waals surface area contributed by atoms with Gasteiger partial charge in [0.15, 0.2) is 4.34 Å². The summed E-state index contributed by atoms with van der Waals surface area (Å²) in [4.78, 5) is 0. The Kier molecular flexibility index (Phi) is 2.23. The van der Waals surface area contributed by atoms with E-state index < -0.39 is 0 Å². The predicted molar refractivity (Wildman–Crippen MR) is 34.1 cm³/mol. The van der Waals surface area contributed by atoms with E-state index in [1.54, 1.807) is 11.8 Å². The average Bonchev–Trinajstić information content (AvgIpc) is 2.19. The fraction of sp³-hybridized carbons (Fsp3) is 0.667. The van der Waals surface area contributed by atoms with Gasteiger partial charge in [0.1, 0.15) is 0 Å². The van der Waals surface area contributed by atoms with Gasteiger partial charge in [0.05, 0.1) is 0 Å². The van der Waals surface area contributed by atoms with E-state index in [1.807, 2.05) is 0 Å². The zero-order valence-corrected chi connectivity index (χ0v) is 6.00. The minimum atomic E-state index is 0.951. The molecule has 0 fully saturated rings. The third kappa shape index (κ3) is 1.41. The van der Waals surface area contributed by atoms with Crippen LogP contribution in [0.25, 0.3) is 0 Å². The second kappa shape index (κ2) is 2.99. The van der Waals surface area contributed by atoms with Gasteiger partial charge in [-0.15, -0.1) is 5.10 Å². The van der Waals surface area contributed by atoms with Crippen molar-refractivity contribution in [3.8, 4) is 0 Å². The van der Waals surface area contributed by atoms with Crippen molar-refractivity contribution in [1.29, 1.82) is 0 Å². The number of thioether (sulfide) groups is 1. The Morgan fingerprint density at radius 1 is 1.75 bits per heavy atom. The Morgan fingerprint density at radius 3 is 3.12 bits per heavy atom. The van der Waals surface area contributed by atoms with Crippen molar-refractivity contribution < 1.29 is 0 Å². The van der Waals surface area contributed by atoms with Crippen molar-refractivity contribution in [2.24, 2.45) is 0 Å². The van der Waals surface area contributed by atoms with Crippen LogP contribution in [0.4, 0.5) is 0 Å². The largest absolute Gasteiger partial charge is 0.194 e. The molecule has 1 aromatic heterocycles. The molecule has 0 bridgehead atoms. The first kappa shape index (κ1) is 5.97. The van der Waals surface area contributed by atoms with Gasteiger partial charge in [-0.2, -0.15) is 0 Å². The average molecular weight is 147 g/mol. The van der Waals surface area contributed by atoms with Crippen molar-refractivity contribution in [3.05, 3.63) is 0 Å². The zero-order chi connectivity index (χ0) is 5.82. The van der Waals surface area contributed by atoms with Crippen LogP contribution in [0.5, 0.6) is 0 Å². The van der Waals surface area contributed by atoms with Gasteiger partial charge in [-0.3, -0.25) is 0 Å². The van der Waals surface area contributed by atoms with E-state index in [-0.39, 0.29) is 0 Å². The van der Waals surface area contributed by atoms with Gasteiger partial charge in [-0.25, -0.2) is 0 Å². The van der Waals surface area contributed by atoms with Gasteiger partial charge in [0.2, 0.25) is 0 Å². The summed E-state index contributed by atoms with van der Waals surface area (Å²) in [5.74, 6) is 1.04. The van der Waals surface area contributed by atoms with Crippen LogP contribution in [0.3, 0.4) is 0 Å². The molecule has 0 amide bonds. The van der Waals surface area contributed by atoms with Crippen molar-refractivity contribution in [1.82, 2.24) is 14.8 Å². The molecule has 0 radical (unpaired) electrons. The molecule has 5 heteroatoms. The molecule has 0 saturated heterocycles. The second-order valence-electron chi connectivity index (χ2n) is 1.06. The lowest BCUT2D eigenvalue weighted by Crippen LogP contribution is -1.70. The number of aromatic nitrogens is 3. The molecule has 0 atom stereocenters. The summed E-state index contributed by atoms with van der Waals surface area (Å²) in [5.41, 5.74) is 0. The lowest BCUT2D eigenvalue weighted by atomic mass is 11.0. The van der Waals surface area contributed by atoms with Gasteiger partial charge < -0.3 is 0 Å². The predicted octanol–water partition coefficient (Wildman–Crippen LogP) is 1.05. The molecule has 0 aliphatic rings. The Balaban J connectivity index is 2.50. The van der Waals surface area contributed by atoms with E-state index >= 15 is 0 Å². The summed E-state index contributed by atoms with van der Waals surface area (Å²) in [6.07, 6.45) is 0. The van der Waals surface area contributed by atoms with E-state index in [1.165, 1.54) is 11.5 Å². The Labute approximate surface area is 55.7 Å². The van der Waals surface area contributed by atoms with Crippen LogP contribution in [0.1, 0.15) is 6.92 Å². The van der Waals surface area contributed by atoms with Crippen molar-refractivity contribution in [2.75, 3.05) is 5.75 Å². The van der Waals surface area contributed by atoms with Crippen molar-refractivity contribution in [2.45, 2.75) is 11.3 Å². The molecule has 0 unspecified atom stereocenters. The maximum atomic E-state index is 3.73. The first-order valence-corrected chi connectivity index (χ1v) is 3.97. The molecule has 8 heavy (non-hydrogen) atoms. The van der Waals surface area contributed by atoms with Gasteiger partial charge in [-0.1, -0.05) is 23.2 Å². The third-order valence-corrected chi connectivity index (χ3v) is 2.14. The quantitative estimate of drug-likeness (QED) is 0.586. The molecule has 3 nitrogen and oxygen atoms in total. The van der Waals surface area contributed by atoms with E-state index in [0.717, 1.165) is 10.1 Å². The molecule has 0 saturated carbocycles. The minimum Gasteiger partial charge on any atom is -0.110 e. The maximum Gasteiger partial charge on any atom is 0.194 e. The van der Waals surface area contributed by atoms with E-state index in [2.05, 4.69) is 21.7 Å². The summed E-state index contributed by atoms with van der Waals surface area (Å²) in [7, 11) is 0. The summed E-state index contributed by atoms with van der Waals surface area (Å²) in [5, 5.41) is 7.16. The lowest BCUT2D eigenvalue weighted by molar-refractivity contribution is 0.914. The second-order valence-corrected chi connectivity index (χ2v) is 3.31. The highest BCUT2D eigenvalue weighted by Crippen LogP contribution is 2.15. The van der Waals surface area contributed by atoms with Crippen molar-refractivity contribution in [3.63, 3.8) is 0 Å². The fourth-order valence-corrected chi connectivity index (χ4v) is 1.53. The molecule has 0 aliphatic carbocycles. The first-order valence-electron chi connectivity index (χ1n) is 2.21. The molecule has 1 heterocycles. The number of nitrogens with zero attached hydrogens (tertiary/aromatic N) is 3. The van der Waals surface area contributed by atoms with Crippen LogP contribution < -0.4 is 0 Å². The van der Waals surface area contributed by atoms with E-state index in [9.17, 15) is 0 Å². The van der Waals surface area contributed by atoms with Crippen LogP contribution in [-0.2, 0) is 0 Å². The minimum absolute atomic E-state index is 0.951. The van der Waals surface area contributed by atoms with Crippen LogP contribution >= 0.6 is 23.3 Å². The first-order chi connectivity index (χ1) is 3.93. The third-order valence-electron chi connectivity index (χ3n) is 0.550. The molecular weight excluding hydrogens is 142 g/mol. The van der Waals surface area contributed by atoms with E-state index in [4.69, 9.17) is 0 Å². The lowest BCUT2D eigenvalue weighted by Gasteiger charge is -1.80. The fourth-order valence-electron chi connectivity index (χ4n) is 0.305. The molecular formula is C3H5N3S2. The summed E-state index contributed by atoms with van der Waals surface area (Å²) < 4.78 is 4.55.